The minimum atomic E-state index is -0.427. The number of amides is 1. The Balaban J connectivity index is 1.65. The first-order valence-corrected chi connectivity index (χ1v) is 10.7. The van der Waals surface area contributed by atoms with E-state index in [4.69, 9.17) is 4.74 Å². The summed E-state index contributed by atoms with van der Waals surface area (Å²) in [6, 6.07) is 13.2. The number of thioether (sulfide) groups is 1. The second-order valence-electron chi connectivity index (χ2n) is 6.74. The molecule has 150 valence electrons. The number of nitrogens with zero attached hydrogens (tertiary/aromatic N) is 3. The van der Waals surface area contributed by atoms with Crippen LogP contribution in [0.2, 0.25) is 0 Å². The van der Waals surface area contributed by atoms with E-state index in [-0.39, 0.29) is 11.9 Å². The number of anilines is 1. The fraction of sp³-hybridized carbons (Fsp3) is 0.250. The number of carbonyl (C=O) groups is 1. The van der Waals surface area contributed by atoms with Crippen LogP contribution in [0.25, 0.3) is 0 Å². The molecule has 0 bridgehead atoms. The maximum Gasteiger partial charge on any atom is 0.240 e. The number of hydrogen-bond donors (Lipinski definition) is 2. The highest BCUT2D eigenvalue weighted by molar-refractivity contribution is 9.10. The second-order valence-corrected chi connectivity index (χ2v) is 8.70. The van der Waals surface area contributed by atoms with Gasteiger partial charge in [0, 0.05) is 10.2 Å². The predicted octanol–water partition coefficient (Wildman–Crippen LogP) is 4.06. The van der Waals surface area contributed by atoms with Gasteiger partial charge in [0.2, 0.25) is 11.1 Å². The van der Waals surface area contributed by atoms with Crippen LogP contribution in [0.3, 0.4) is 0 Å². The van der Waals surface area contributed by atoms with E-state index in [1.54, 1.807) is 7.11 Å². The minimum Gasteiger partial charge on any atom is -0.497 e. The summed E-state index contributed by atoms with van der Waals surface area (Å²) in [6.45, 7) is 3.86. The van der Waals surface area contributed by atoms with Gasteiger partial charge in [-0.15, -0.1) is 10.2 Å². The Kier molecular flexibility index (Phi) is 5.51. The van der Waals surface area contributed by atoms with Crippen molar-refractivity contribution in [3.8, 4) is 5.75 Å². The summed E-state index contributed by atoms with van der Waals surface area (Å²) in [5, 5.41) is 11.6. The molecule has 1 aromatic heterocycles. The summed E-state index contributed by atoms with van der Waals surface area (Å²) < 4.78 is 8.09. The van der Waals surface area contributed by atoms with Crippen LogP contribution in [0, 0.1) is 13.8 Å². The number of fused-ring (bicyclic) bond motifs is 1. The van der Waals surface area contributed by atoms with Gasteiger partial charge in [-0.2, -0.15) is 0 Å². The van der Waals surface area contributed by atoms with Gasteiger partial charge in [0.05, 0.1) is 13.2 Å². The lowest BCUT2D eigenvalue weighted by Gasteiger charge is -2.32. The average molecular weight is 474 g/mol. The minimum absolute atomic E-state index is 0.100. The molecule has 1 aliphatic heterocycles. The largest absolute Gasteiger partial charge is 0.497 e. The zero-order chi connectivity index (χ0) is 20.5. The highest BCUT2D eigenvalue weighted by atomic mass is 79.9. The molecule has 2 aromatic carbocycles. The fourth-order valence-corrected chi connectivity index (χ4v) is 4.53. The predicted molar refractivity (Wildman–Crippen MR) is 117 cm³/mol. The molecule has 4 rings (SSSR count). The third-order valence-electron chi connectivity index (χ3n) is 4.76. The lowest BCUT2D eigenvalue weighted by atomic mass is 10.0. The van der Waals surface area contributed by atoms with E-state index in [1.165, 1.54) is 11.8 Å². The summed E-state index contributed by atoms with van der Waals surface area (Å²) in [6.07, 6.45) is 0. The molecule has 0 radical (unpaired) electrons. The van der Waals surface area contributed by atoms with Crippen LogP contribution in [0.15, 0.2) is 52.1 Å². The van der Waals surface area contributed by atoms with Crippen LogP contribution in [-0.2, 0) is 4.79 Å². The summed E-state index contributed by atoms with van der Waals surface area (Å²) in [4.78, 5) is 13.2. The van der Waals surface area contributed by atoms with Crippen molar-refractivity contribution >= 4 is 39.3 Å². The molecular formula is C20H20BrN5O2S. The summed E-state index contributed by atoms with van der Waals surface area (Å²) >= 11 is 4.89. The van der Waals surface area contributed by atoms with E-state index in [0.29, 0.717) is 5.16 Å². The van der Waals surface area contributed by atoms with Gasteiger partial charge in [0.25, 0.3) is 0 Å². The number of aromatic nitrogens is 3. The molecule has 0 fully saturated rings. The van der Waals surface area contributed by atoms with Crippen LogP contribution in [0.1, 0.15) is 23.0 Å². The number of nitrogens with one attached hydrogen (secondary N) is 2. The van der Waals surface area contributed by atoms with Gasteiger partial charge >= 0.3 is 0 Å². The van der Waals surface area contributed by atoms with Crippen LogP contribution in [-0.4, -0.2) is 33.1 Å². The number of hydrogen-bond acceptors (Lipinski definition) is 6. The summed E-state index contributed by atoms with van der Waals surface area (Å²) in [5.41, 5.74) is 6.19. The Labute approximate surface area is 181 Å². The molecule has 29 heavy (non-hydrogen) atoms. The van der Waals surface area contributed by atoms with Gasteiger partial charge < -0.3 is 15.5 Å². The highest BCUT2D eigenvalue weighted by Crippen LogP contribution is 2.38. The lowest BCUT2D eigenvalue weighted by Crippen LogP contribution is -2.41. The van der Waals surface area contributed by atoms with E-state index in [2.05, 4.69) is 36.9 Å². The van der Waals surface area contributed by atoms with Crippen molar-refractivity contribution in [3.63, 3.8) is 0 Å². The van der Waals surface area contributed by atoms with Gasteiger partial charge in [-0.1, -0.05) is 39.8 Å². The molecule has 3 aromatic rings. The standard InChI is InChI=1S/C20H20BrN5O2S/c1-11-10-14(6-9-16(11)21)22-19(27)18-17(13-4-7-15(28-3)8-5-13)25-26-12(2)23-24-20(26)29-18/h4-10,17-18,25H,1-3H3,(H,22,27)/t17-,18+/m1/s1. The molecule has 2 N–H and O–H groups in total. The number of rotatable bonds is 4. The molecule has 0 saturated carbocycles. The molecule has 7 nitrogen and oxygen atoms in total. The van der Waals surface area contributed by atoms with Gasteiger partial charge in [-0.3, -0.25) is 4.79 Å². The van der Waals surface area contributed by atoms with Gasteiger partial charge in [0.15, 0.2) is 0 Å². The van der Waals surface area contributed by atoms with Gasteiger partial charge in [-0.25, -0.2) is 4.68 Å². The molecule has 0 aliphatic carbocycles. The number of aryl methyl sites for hydroxylation is 2. The molecule has 0 saturated heterocycles. The normalized spacial score (nSPS) is 17.9. The molecule has 0 unspecified atom stereocenters. The van der Waals surface area contributed by atoms with Crippen molar-refractivity contribution in [2.24, 2.45) is 0 Å². The Morgan fingerprint density at radius 3 is 2.66 bits per heavy atom. The number of methoxy groups -OCH3 is 1. The number of carbonyl (C=O) groups excluding carboxylic acids is 1. The summed E-state index contributed by atoms with van der Waals surface area (Å²) in [5.74, 6) is 1.41. The van der Waals surface area contributed by atoms with Gasteiger partial charge in [0.1, 0.15) is 16.8 Å². The van der Waals surface area contributed by atoms with E-state index in [0.717, 1.165) is 32.9 Å². The topological polar surface area (TPSA) is 81.1 Å². The SMILES string of the molecule is COc1ccc([C@H]2Nn3c(C)nnc3S[C@@H]2C(=O)Nc2ccc(Br)c(C)c2)cc1. The molecule has 9 heteroatoms. The van der Waals surface area contributed by atoms with Crippen molar-refractivity contribution in [2.45, 2.75) is 30.3 Å². The van der Waals surface area contributed by atoms with E-state index < -0.39 is 5.25 Å². The van der Waals surface area contributed by atoms with Crippen LogP contribution < -0.4 is 15.5 Å². The van der Waals surface area contributed by atoms with Crippen LogP contribution >= 0.6 is 27.7 Å². The number of ether oxygens (including phenoxy) is 1. The molecule has 0 spiro atoms. The van der Waals surface area contributed by atoms with Crippen molar-refractivity contribution in [1.29, 1.82) is 0 Å². The Morgan fingerprint density at radius 1 is 1.21 bits per heavy atom. The highest BCUT2D eigenvalue weighted by Gasteiger charge is 2.37. The average Bonchev–Trinajstić information content (AvgIpc) is 3.10. The smallest absolute Gasteiger partial charge is 0.240 e. The van der Waals surface area contributed by atoms with Crippen molar-refractivity contribution in [2.75, 3.05) is 17.9 Å². The second kappa shape index (κ2) is 8.08. The molecule has 2 atom stereocenters. The summed E-state index contributed by atoms with van der Waals surface area (Å²) in [7, 11) is 1.63. The van der Waals surface area contributed by atoms with Crippen molar-refractivity contribution in [3.05, 3.63) is 63.9 Å². The first-order valence-electron chi connectivity index (χ1n) is 9.02. The third-order valence-corrected chi connectivity index (χ3v) is 6.86. The van der Waals surface area contributed by atoms with Crippen molar-refractivity contribution in [1.82, 2.24) is 14.9 Å². The van der Waals surface area contributed by atoms with Crippen molar-refractivity contribution < 1.29 is 9.53 Å². The molecular weight excluding hydrogens is 454 g/mol. The van der Waals surface area contributed by atoms with Crippen LogP contribution in [0.4, 0.5) is 5.69 Å². The Bertz CT molecular complexity index is 1050. The maximum absolute atomic E-state index is 13.2. The maximum atomic E-state index is 13.2. The molecule has 1 amide bonds. The third kappa shape index (κ3) is 3.97. The number of benzene rings is 2. The first kappa shape index (κ1) is 19.8. The lowest BCUT2D eigenvalue weighted by molar-refractivity contribution is -0.116. The molecule has 1 aliphatic rings. The van der Waals surface area contributed by atoms with Gasteiger partial charge in [-0.05, 0) is 55.3 Å². The van der Waals surface area contributed by atoms with E-state index >= 15 is 0 Å². The van der Waals surface area contributed by atoms with Crippen LogP contribution in [0.5, 0.6) is 5.75 Å². The number of halogens is 1. The zero-order valence-electron chi connectivity index (χ0n) is 16.1. The fourth-order valence-electron chi connectivity index (χ4n) is 3.16. The Hall–Kier alpha value is -2.52. The first-order chi connectivity index (χ1) is 14.0. The zero-order valence-corrected chi connectivity index (χ0v) is 18.5. The van der Waals surface area contributed by atoms with E-state index in [1.807, 2.05) is 61.0 Å². The monoisotopic (exact) mass is 473 g/mol. The van der Waals surface area contributed by atoms with E-state index in [9.17, 15) is 4.79 Å². The quantitative estimate of drug-likeness (QED) is 0.594. The Morgan fingerprint density at radius 2 is 1.97 bits per heavy atom. The molecule has 2 heterocycles.